The van der Waals surface area contributed by atoms with Crippen molar-refractivity contribution in [2.75, 3.05) is 0 Å². The van der Waals surface area contributed by atoms with E-state index in [9.17, 15) is 0 Å². The van der Waals surface area contributed by atoms with Crippen LogP contribution in [0.1, 0.15) is 0 Å². The summed E-state index contributed by atoms with van der Waals surface area (Å²) in [5.41, 5.74) is 0. The van der Waals surface area contributed by atoms with E-state index >= 15 is 0 Å². The van der Waals surface area contributed by atoms with Gasteiger partial charge in [0.15, 0.2) is 0 Å². The van der Waals surface area contributed by atoms with Gasteiger partial charge < -0.3 is 4.79 Å². The molecule has 0 aliphatic carbocycles. The molecule has 0 aliphatic heterocycles. The molecule has 0 N–H and O–H groups in total. The van der Waals surface area contributed by atoms with Crippen LogP contribution >= 0.6 is 0 Å². The average Bonchev–Trinajstić information content (AvgIpc) is 1.37. The molecule has 0 aromatic heterocycles. The Bertz CT molecular complexity index is 27.9. The molecule has 0 amide bonds. The normalized spacial score (nSPS) is 4.00. The Hall–Kier alpha value is 0.0983. The van der Waals surface area contributed by atoms with Crippen LogP contribution < -0.4 is 0 Å². The molecule has 28 valence electrons. The van der Waals surface area contributed by atoms with Gasteiger partial charge in [0, 0.05) is 21.1 Å². The van der Waals surface area contributed by atoms with Gasteiger partial charge in [-0.2, -0.15) is 0 Å². The van der Waals surface area contributed by atoms with Crippen molar-refractivity contribution in [2.24, 2.45) is 0 Å². The van der Waals surface area contributed by atoms with Gasteiger partial charge in [0.25, 0.3) is 0 Å². The maximum Gasteiger partial charge on any atom is 0 e. The molecule has 0 aromatic rings. The van der Waals surface area contributed by atoms with Crippen molar-refractivity contribution in [3.8, 4) is 0 Å². The van der Waals surface area contributed by atoms with E-state index in [0.29, 0.717) is 0 Å². The van der Waals surface area contributed by atoms with E-state index in [-0.39, 0.29) is 21.1 Å². The Morgan fingerprint density at radius 1 is 1.80 bits per heavy atom. The van der Waals surface area contributed by atoms with Gasteiger partial charge in [-0.1, -0.05) is 0 Å². The molecule has 0 atom stereocenters. The van der Waals surface area contributed by atoms with Crippen molar-refractivity contribution in [3.63, 3.8) is 0 Å². The van der Waals surface area contributed by atoms with Crippen LogP contribution in [0.2, 0.25) is 0 Å². The zero-order valence-corrected chi connectivity index (χ0v) is 4.61. The molecule has 5 heavy (non-hydrogen) atoms. The summed E-state index contributed by atoms with van der Waals surface area (Å²) in [7, 11) is 0. The first-order valence-electron chi connectivity index (χ1n) is 0.901. The smallest absolute Gasteiger partial charge is 0 e. The zero-order valence-electron chi connectivity index (χ0n) is 2.60. The molecule has 0 saturated carbocycles. The molecule has 1 nitrogen and oxygen atoms in total. The number of carbonyl (C=O) groups excluding carboxylic acids is 1. The van der Waals surface area contributed by atoms with Gasteiger partial charge in [0.2, 0.25) is 0 Å². The van der Waals surface area contributed by atoms with Crippen LogP contribution in [0.25, 0.3) is 0 Å². The second-order valence-corrected chi connectivity index (χ2v) is 0.322. The topological polar surface area (TPSA) is 17.1 Å². The van der Waals surface area contributed by atoms with E-state index in [0.717, 1.165) is 6.08 Å². The predicted molar refractivity (Wildman–Crippen MR) is 15.9 cm³/mol. The minimum atomic E-state index is 0. The fourth-order valence-electron chi connectivity index (χ4n) is 0. The Morgan fingerprint density at radius 2 is 2.00 bits per heavy atom. The third kappa shape index (κ3) is 15.0. The summed E-state index contributed by atoms with van der Waals surface area (Å²) in [5.74, 6) is 0. The summed E-state index contributed by atoms with van der Waals surface area (Å²) in [6.07, 6.45) is 2.51. The van der Waals surface area contributed by atoms with Crippen molar-refractivity contribution in [3.05, 3.63) is 12.7 Å². The molecule has 0 spiro atoms. The van der Waals surface area contributed by atoms with Crippen LogP contribution in [-0.4, -0.2) is 6.29 Å². The number of hydrogen-bond acceptors (Lipinski definition) is 1. The first-order chi connectivity index (χ1) is 1.91. The fraction of sp³-hybridized carbons (Fsp3) is 0. The summed E-state index contributed by atoms with van der Waals surface area (Å²) >= 11 is 0. The molecule has 2 heteroatoms. The van der Waals surface area contributed by atoms with Crippen molar-refractivity contribution < 1.29 is 25.9 Å². The van der Waals surface area contributed by atoms with E-state index in [4.69, 9.17) is 4.79 Å². The van der Waals surface area contributed by atoms with Crippen LogP contribution in [-0.2, 0) is 25.9 Å². The van der Waals surface area contributed by atoms with Crippen molar-refractivity contribution in [1.29, 1.82) is 0 Å². The molecule has 0 aliphatic rings. The van der Waals surface area contributed by atoms with Crippen molar-refractivity contribution >= 4 is 6.29 Å². The second-order valence-electron chi connectivity index (χ2n) is 0.322. The first kappa shape index (κ1) is 8.92. The van der Waals surface area contributed by atoms with Gasteiger partial charge in [0.05, 0.1) is 0 Å². The largest absolute Gasteiger partial charge is 0.419 e. The third-order valence-electron chi connectivity index (χ3n) is 0.0833. The molecule has 0 fully saturated rings. The molecule has 0 unspecified atom stereocenters. The van der Waals surface area contributed by atoms with E-state index < -0.39 is 0 Å². The van der Waals surface area contributed by atoms with Crippen LogP contribution in [0.5, 0.6) is 0 Å². The molecule has 0 rings (SSSR count). The molecule has 0 saturated heterocycles. The fourth-order valence-corrected chi connectivity index (χ4v) is 0. The number of rotatable bonds is 1. The average molecular weight is 151 g/mol. The van der Waals surface area contributed by atoms with Crippen molar-refractivity contribution in [1.82, 2.24) is 0 Å². The number of allylic oxidation sites excluding steroid dienone is 1. The van der Waals surface area contributed by atoms with Crippen LogP contribution in [0.4, 0.5) is 0 Å². The summed E-state index contributed by atoms with van der Waals surface area (Å²) < 4.78 is 0. The molecule has 0 radical (unpaired) electrons. The van der Waals surface area contributed by atoms with E-state index in [1.165, 1.54) is 6.29 Å². The summed E-state index contributed by atoms with van der Waals surface area (Å²) in [5, 5.41) is 0. The Morgan fingerprint density at radius 3 is 2.00 bits per heavy atom. The maximum atomic E-state index is 8.93. The van der Waals surface area contributed by atoms with Crippen LogP contribution in [0.15, 0.2) is 12.7 Å². The van der Waals surface area contributed by atoms with Gasteiger partial charge in [-0.15, -0.1) is 0 Å². The quantitative estimate of drug-likeness (QED) is 0.299. The van der Waals surface area contributed by atoms with Gasteiger partial charge in [-0.3, -0.25) is 0 Å². The Labute approximate surface area is 45.3 Å². The summed E-state index contributed by atoms with van der Waals surface area (Å²) in [4.78, 5) is 8.93. The van der Waals surface area contributed by atoms with E-state index in [2.05, 4.69) is 6.58 Å². The first-order valence-corrected chi connectivity index (χ1v) is 0.901. The van der Waals surface area contributed by atoms with Gasteiger partial charge >= 0.3 is 0 Å². The summed E-state index contributed by atoms with van der Waals surface area (Å²) in [6, 6.07) is 0. The van der Waals surface area contributed by atoms with Gasteiger partial charge in [-0.05, 0) is 6.29 Å². The maximum absolute atomic E-state index is 8.93. The number of hydrogen-bond donors (Lipinski definition) is 0. The van der Waals surface area contributed by atoms with Crippen LogP contribution in [0.3, 0.4) is 0 Å². The molecular formula is C3H3MoO-. The van der Waals surface area contributed by atoms with Crippen LogP contribution in [0, 0.1) is 0 Å². The zero-order chi connectivity index (χ0) is 3.41. The molecule has 0 heterocycles. The predicted octanol–water partition coefficient (Wildman–Crippen LogP) is 0.280. The Balaban J connectivity index is 0. The van der Waals surface area contributed by atoms with Gasteiger partial charge in [0.1, 0.15) is 0 Å². The van der Waals surface area contributed by atoms with Crippen molar-refractivity contribution in [2.45, 2.75) is 0 Å². The monoisotopic (exact) mass is 153 g/mol. The Kier molecular flexibility index (Phi) is 15.9. The minimum absolute atomic E-state index is 0. The SMILES string of the molecule is C=C[C-]=O.[Mo]. The second kappa shape index (κ2) is 8.94. The van der Waals surface area contributed by atoms with Gasteiger partial charge in [-0.25, -0.2) is 12.7 Å². The summed E-state index contributed by atoms with van der Waals surface area (Å²) in [6.45, 7) is 3.06. The molecule has 0 aromatic carbocycles. The molecular weight excluding hydrogens is 148 g/mol. The van der Waals surface area contributed by atoms with E-state index in [1.807, 2.05) is 0 Å². The van der Waals surface area contributed by atoms with E-state index in [1.54, 1.807) is 0 Å². The minimum Gasteiger partial charge on any atom is -0.419 e. The standard InChI is InChI=1S/C3H3O.Mo/c1-2-3-4;/h2H,1H2;/q-1;. The third-order valence-corrected chi connectivity index (χ3v) is 0.0833. The molecule has 0 bridgehead atoms.